The lowest BCUT2D eigenvalue weighted by atomic mass is 10.1. The Hall–Kier alpha value is -1.53. The molecule has 1 aromatic rings. The summed E-state index contributed by atoms with van der Waals surface area (Å²) >= 11 is 4.79. The molecule has 0 radical (unpaired) electrons. The molecule has 0 saturated heterocycles. The first-order valence-corrected chi connectivity index (χ1v) is 6.39. The van der Waals surface area contributed by atoms with Crippen LogP contribution in [0.4, 0.5) is 4.39 Å². The number of rotatable bonds is 6. The Labute approximate surface area is 117 Å². The summed E-state index contributed by atoms with van der Waals surface area (Å²) in [6.45, 7) is 2.96. The van der Waals surface area contributed by atoms with Crippen molar-refractivity contribution < 1.29 is 9.18 Å². The second-order valence-electron chi connectivity index (χ2n) is 4.27. The lowest BCUT2D eigenvalue weighted by molar-refractivity contribution is -0.121. The van der Waals surface area contributed by atoms with Crippen LogP contribution in [0.2, 0.25) is 0 Å². The minimum Gasteiger partial charge on any atom is -0.389 e. The summed E-state index contributed by atoms with van der Waals surface area (Å²) in [4.78, 5) is 13.2. The summed E-state index contributed by atoms with van der Waals surface area (Å²) < 4.78 is 14.1. The van der Waals surface area contributed by atoms with Crippen LogP contribution < -0.4 is 11.1 Å². The molecular weight excluding hydrogens is 265 g/mol. The number of nitrogens with zero attached hydrogens (tertiary/aromatic N) is 1. The van der Waals surface area contributed by atoms with Crippen LogP contribution in [-0.2, 0) is 11.3 Å². The van der Waals surface area contributed by atoms with E-state index in [0.717, 1.165) is 0 Å². The van der Waals surface area contributed by atoms with Crippen molar-refractivity contribution in [2.24, 2.45) is 5.73 Å². The zero-order valence-electron chi connectivity index (χ0n) is 11.1. The third kappa shape index (κ3) is 4.57. The van der Waals surface area contributed by atoms with E-state index in [4.69, 9.17) is 18.0 Å². The molecule has 0 aliphatic rings. The zero-order chi connectivity index (χ0) is 14.4. The van der Waals surface area contributed by atoms with Crippen LogP contribution in [0.1, 0.15) is 18.1 Å². The van der Waals surface area contributed by atoms with E-state index in [1.54, 1.807) is 30.1 Å². The summed E-state index contributed by atoms with van der Waals surface area (Å²) in [7, 11) is 1.75. The Morgan fingerprint density at radius 1 is 1.53 bits per heavy atom. The van der Waals surface area contributed by atoms with Gasteiger partial charge >= 0.3 is 0 Å². The van der Waals surface area contributed by atoms with Crippen molar-refractivity contribution in [3.8, 4) is 0 Å². The van der Waals surface area contributed by atoms with Gasteiger partial charge in [0.25, 0.3) is 0 Å². The standard InChI is InChI=1S/C13H18FN3OS/c1-3-16-11(18)8-17(2)7-9-5-4-6-10(12(9)14)13(15)19/h4-6H,3,7-8H2,1-2H3,(H2,15,19)(H,16,18). The van der Waals surface area contributed by atoms with Crippen molar-refractivity contribution in [1.29, 1.82) is 0 Å². The van der Waals surface area contributed by atoms with Gasteiger partial charge in [-0.25, -0.2) is 4.39 Å². The van der Waals surface area contributed by atoms with Gasteiger partial charge in [0.2, 0.25) is 5.91 Å². The van der Waals surface area contributed by atoms with Gasteiger partial charge in [-0.2, -0.15) is 0 Å². The normalized spacial score (nSPS) is 10.5. The first kappa shape index (κ1) is 15.5. The number of benzene rings is 1. The first-order chi connectivity index (χ1) is 8.95. The molecule has 3 N–H and O–H groups in total. The molecule has 0 heterocycles. The van der Waals surface area contributed by atoms with Crippen LogP contribution in [0.5, 0.6) is 0 Å². The highest BCUT2D eigenvalue weighted by Gasteiger charge is 2.13. The molecule has 19 heavy (non-hydrogen) atoms. The lowest BCUT2D eigenvalue weighted by Gasteiger charge is -2.17. The van der Waals surface area contributed by atoms with E-state index in [2.05, 4.69) is 5.32 Å². The van der Waals surface area contributed by atoms with Crippen LogP contribution in [0, 0.1) is 5.82 Å². The SMILES string of the molecule is CCNC(=O)CN(C)Cc1cccc(C(N)=S)c1F. The predicted molar refractivity (Wildman–Crippen MR) is 77.3 cm³/mol. The Morgan fingerprint density at radius 2 is 2.21 bits per heavy atom. The summed E-state index contributed by atoms with van der Waals surface area (Å²) in [6.07, 6.45) is 0. The number of thiocarbonyl (C=S) groups is 1. The molecule has 1 aromatic carbocycles. The summed E-state index contributed by atoms with van der Waals surface area (Å²) in [5.74, 6) is -0.506. The molecule has 0 aromatic heterocycles. The molecule has 4 nitrogen and oxygen atoms in total. The second kappa shape index (κ2) is 7.16. The van der Waals surface area contributed by atoms with Crippen molar-refractivity contribution in [3.05, 3.63) is 35.1 Å². The number of hydrogen-bond acceptors (Lipinski definition) is 3. The van der Waals surface area contributed by atoms with E-state index < -0.39 is 5.82 Å². The van der Waals surface area contributed by atoms with Crippen molar-refractivity contribution in [2.45, 2.75) is 13.5 Å². The van der Waals surface area contributed by atoms with Gasteiger partial charge in [-0.05, 0) is 20.0 Å². The Kier molecular flexibility index (Phi) is 5.85. The quantitative estimate of drug-likeness (QED) is 0.766. The number of likely N-dealkylation sites (N-methyl/N-ethyl adjacent to an activating group) is 2. The molecular formula is C13H18FN3OS. The lowest BCUT2D eigenvalue weighted by Crippen LogP contribution is -2.34. The van der Waals surface area contributed by atoms with Crippen molar-refractivity contribution in [3.63, 3.8) is 0 Å². The van der Waals surface area contributed by atoms with Gasteiger partial charge in [0.05, 0.1) is 6.54 Å². The van der Waals surface area contributed by atoms with Gasteiger partial charge in [0, 0.05) is 24.2 Å². The number of hydrogen-bond donors (Lipinski definition) is 2. The van der Waals surface area contributed by atoms with Crippen LogP contribution in [0.3, 0.4) is 0 Å². The Balaban J connectivity index is 2.74. The van der Waals surface area contributed by atoms with E-state index in [-0.39, 0.29) is 23.0 Å². The molecule has 0 bridgehead atoms. The Bertz CT molecular complexity index is 479. The largest absolute Gasteiger partial charge is 0.389 e. The first-order valence-electron chi connectivity index (χ1n) is 5.98. The van der Waals surface area contributed by atoms with E-state index >= 15 is 0 Å². The van der Waals surface area contributed by atoms with Gasteiger partial charge in [0.1, 0.15) is 10.8 Å². The van der Waals surface area contributed by atoms with E-state index in [0.29, 0.717) is 18.7 Å². The fourth-order valence-electron chi connectivity index (χ4n) is 1.74. The smallest absolute Gasteiger partial charge is 0.234 e. The average molecular weight is 283 g/mol. The number of halogens is 1. The highest BCUT2D eigenvalue weighted by atomic mass is 32.1. The van der Waals surface area contributed by atoms with Crippen LogP contribution in [-0.4, -0.2) is 35.9 Å². The fourth-order valence-corrected chi connectivity index (χ4v) is 1.89. The molecule has 0 saturated carbocycles. The van der Waals surface area contributed by atoms with Gasteiger partial charge < -0.3 is 11.1 Å². The molecule has 0 atom stereocenters. The Morgan fingerprint density at radius 3 is 2.79 bits per heavy atom. The molecule has 0 aliphatic heterocycles. The maximum absolute atomic E-state index is 14.1. The number of carbonyl (C=O) groups excluding carboxylic acids is 1. The summed E-state index contributed by atoms with van der Waals surface area (Å²) in [5.41, 5.74) is 6.15. The summed E-state index contributed by atoms with van der Waals surface area (Å²) in [5, 5.41) is 2.69. The van der Waals surface area contributed by atoms with Gasteiger partial charge in [0.15, 0.2) is 0 Å². The maximum atomic E-state index is 14.1. The third-order valence-electron chi connectivity index (χ3n) is 2.57. The zero-order valence-corrected chi connectivity index (χ0v) is 11.9. The van der Waals surface area contributed by atoms with E-state index in [1.165, 1.54) is 0 Å². The predicted octanol–water partition coefficient (Wildman–Crippen LogP) is 1.03. The fraction of sp³-hybridized carbons (Fsp3) is 0.385. The van der Waals surface area contributed by atoms with Crippen molar-refractivity contribution in [1.82, 2.24) is 10.2 Å². The number of carbonyl (C=O) groups is 1. The molecule has 1 rings (SSSR count). The monoisotopic (exact) mass is 283 g/mol. The minimum atomic E-state index is -0.419. The van der Waals surface area contributed by atoms with Gasteiger partial charge in [-0.1, -0.05) is 24.4 Å². The minimum absolute atomic E-state index is 0.0331. The number of amides is 1. The van der Waals surface area contributed by atoms with E-state index in [9.17, 15) is 9.18 Å². The summed E-state index contributed by atoms with van der Waals surface area (Å²) in [6, 6.07) is 4.91. The average Bonchev–Trinajstić information content (AvgIpc) is 2.31. The number of nitrogens with one attached hydrogen (secondary N) is 1. The molecule has 1 amide bonds. The highest BCUT2D eigenvalue weighted by Crippen LogP contribution is 2.14. The number of nitrogens with two attached hydrogens (primary N) is 1. The topological polar surface area (TPSA) is 58.4 Å². The van der Waals surface area contributed by atoms with Crippen molar-refractivity contribution >= 4 is 23.1 Å². The van der Waals surface area contributed by atoms with Crippen LogP contribution in [0.15, 0.2) is 18.2 Å². The highest BCUT2D eigenvalue weighted by molar-refractivity contribution is 7.80. The van der Waals surface area contributed by atoms with E-state index in [1.807, 2.05) is 6.92 Å². The molecule has 0 spiro atoms. The maximum Gasteiger partial charge on any atom is 0.234 e. The van der Waals surface area contributed by atoms with Gasteiger partial charge in [-0.3, -0.25) is 9.69 Å². The molecule has 104 valence electrons. The third-order valence-corrected chi connectivity index (χ3v) is 2.79. The van der Waals surface area contributed by atoms with Gasteiger partial charge in [-0.15, -0.1) is 0 Å². The molecule has 0 unspecified atom stereocenters. The second-order valence-corrected chi connectivity index (χ2v) is 4.71. The van der Waals surface area contributed by atoms with Crippen LogP contribution >= 0.6 is 12.2 Å². The molecule has 0 fully saturated rings. The van der Waals surface area contributed by atoms with Crippen molar-refractivity contribution in [2.75, 3.05) is 20.1 Å². The molecule has 6 heteroatoms. The molecule has 0 aliphatic carbocycles. The van der Waals surface area contributed by atoms with Crippen LogP contribution in [0.25, 0.3) is 0 Å².